The Hall–Kier alpha value is -1.10. The summed E-state index contributed by atoms with van der Waals surface area (Å²) in [4.78, 5) is 0. The summed E-state index contributed by atoms with van der Waals surface area (Å²) in [5.41, 5.74) is -0.736. The van der Waals surface area contributed by atoms with E-state index in [-0.39, 0.29) is 6.61 Å². The molecule has 1 fully saturated rings. The highest BCUT2D eigenvalue weighted by molar-refractivity contribution is 5.20. The van der Waals surface area contributed by atoms with Crippen molar-refractivity contribution in [1.82, 2.24) is 0 Å². The Morgan fingerprint density at radius 1 is 1.39 bits per heavy atom. The molecule has 4 heteroatoms. The van der Waals surface area contributed by atoms with Gasteiger partial charge < -0.3 is 20.1 Å². The molecule has 1 aromatic carbocycles. The number of ether oxygens (including phenoxy) is 1. The predicted octanol–water partition coefficient (Wildman–Crippen LogP) is 1.20. The van der Waals surface area contributed by atoms with Gasteiger partial charge in [0.15, 0.2) is 0 Å². The highest BCUT2D eigenvalue weighted by Crippen LogP contribution is 2.45. The van der Waals surface area contributed by atoms with Gasteiger partial charge in [-0.05, 0) is 31.4 Å². The first kappa shape index (κ1) is 15.0. The molecule has 2 rings (SSSR count). The third-order valence-electron chi connectivity index (χ3n) is 3.15. The number of aliphatic hydroxyl groups excluding tert-OH is 2. The van der Waals surface area contributed by atoms with Crippen molar-refractivity contribution in [2.24, 2.45) is 5.92 Å². The third-order valence-corrected chi connectivity index (χ3v) is 3.15. The Morgan fingerprint density at radius 2 is 1.94 bits per heavy atom. The number of aliphatic hydroxyl groups is 3. The molecule has 4 nitrogen and oxygen atoms in total. The zero-order valence-corrected chi connectivity index (χ0v) is 10.9. The smallest absolute Gasteiger partial charge is 0.119 e. The summed E-state index contributed by atoms with van der Waals surface area (Å²) in [6.07, 6.45) is 0.197. The number of benzene rings is 1. The number of rotatable bonds is 4. The van der Waals surface area contributed by atoms with E-state index in [4.69, 9.17) is 14.9 Å². The average molecular weight is 254 g/mol. The quantitative estimate of drug-likeness (QED) is 0.755. The van der Waals surface area contributed by atoms with Gasteiger partial charge in [0.25, 0.3) is 0 Å². The molecule has 1 aliphatic carbocycles. The normalized spacial score (nSPS) is 26.8. The van der Waals surface area contributed by atoms with Crippen LogP contribution in [0.1, 0.15) is 20.3 Å². The van der Waals surface area contributed by atoms with E-state index in [2.05, 4.69) is 0 Å². The van der Waals surface area contributed by atoms with Crippen molar-refractivity contribution >= 4 is 0 Å². The van der Waals surface area contributed by atoms with E-state index in [1.165, 1.54) is 0 Å². The van der Waals surface area contributed by atoms with Crippen molar-refractivity contribution in [1.29, 1.82) is 0 Å². The first-order valence-corrected chi connectivity index (χ1v) is 6.20. The average Bonchev–Trinajstić information content (AvgIpc) is 2.99. The molecular weight excluding hydrogens is 232 g/mol. The summed E-state index contributed by atoms with van der Waals surface area (Å²) in [6.45, 7) is 4.00. The number of para-hydroxylation sites is 1. The molecule has 0 radical (unpaired) electrons. The van der Waals surface area contributed by atoms with Gasteiger partial charge in [0.1, 0.15) is 12.4 Å². The van der Waals surface area contributed by atoms with Crippen LogP contribution in [0, 0.1) is 5.92 Å². The van der Waals surface area contributed by atoms with Crippen molar-refractivity contribution in [3.8, 4) is 5.75 Å². The molecule has 0 aromatic heterocycles. The van der Waals surface area contributed by atoms with Crippen LogP contribution >= 0.6 is 0 Å². The van der Waals surface area contributed by atoms with Crippen molar-refractivity contribution in [3.05, 3.63) is 30.3 Å². The van der Waals surface area contributed by atoms with Crippen molar-refractivity contribution in [3.63, 3.8) is 0 Å². The molecule has 3 unspecified atom stereocenters. The Labute approximate surface area is 108 Å². The van der Waals surface area contributed by atoms with Crippen LogP contribution in [0.2, 0.25) is 0 Å². The van der Waals surface area contributed by atoms with Gasteiger partial charge in [-0.25, -0.2) is 0 Å². The summed E-state index contributed by atoms with van der Waals surface area (Å²) in [5.74, 6) is 1.10. The Bertz CT molecular complexity index is 339. The van der Waals surface area contributed by atoms with E-state index < -0.39 is 11.7 Å². The fourth-order valence-electron chi connectivity index (χ4n) is 1.69. The summed E-state index contributed by atoms with van der Waals surface area (Å²) in [7, 11) is 0. The molecule has 0 saturated heterocycles. The van der Waals surface area contributed by atoms with Crippen LogP contribution in [0.5, 0.6) is 5.75 Å². The van der Waals surface area contributed by atoms with Gasteiger partial charge >= 0.3 is 0 Å². The molecular formula is C14H22O4. The summed E-state index contributed by atoms with van der Waals surface area (Å²) in [5, 5.41) is 26.5. The van der Waals surface area contributed by atoms with E-state index in [0.29, 0.717) is 12.5 Å². The zero-order chi connectivity index (χ0) is 13.6. The molecule has 3 atom stereocenters. The van der Waals surface area contributed by atoms with Gasteiger partial charge in [-0.1, -0.05) is 25.1 Å². The zero-order valence-electron chi connectivity index (χ0n) is 10.9. The topological polar surface area (TPSA) is 69.9 Å². The van der Waals surface area contributed by atoms with Crippen LogP contribution in [0.4, 0.5) is 0 Å². The Morgan fingerprint density at radius 3 is 2.28 bits per heavy atom. The van der Waals surface area contributed by atoms with Crippen molar-refractivity contribution < 1.29 is 20.1 Å². The lowest BCUT2D eigenvalue weighted by Crippen LogP contribution is -2.26. The molecule has 0 heterocycles. The van der Waals surface area contributed by atoms with Crippen LogP contribution in [0.15, 0.2) is 30.3 Å². The maximum atomic E-state index is 9.22. The third kappa shape index (κ3) is 4.29. The van der Waals surface area contributed by atoms with Crippen molar-refractivity contribution in [2.45, 2.75) is 32.0 Å². The largest absolute Gasteiger partial charge is 0.491 e. The minimum Gasteiger partial charge on any atom is -0.491 e. The van der Waals surface area contributed by atoms with E-state index in [1.807, 2.05) is 37.3 Å². The number of hydrogen-bond donors (Lipinski definition) is 3. The second-order valence-electron chi connectivity index (χ2n) is 4.66. The standard InChI is InChI=1S/C8H10O2.C6H12O2/c9-6-7-10-8-4-2-1-3-5-8;1-4-3-6(4,8)5(2)7/h1-5,9H,6-7H2;4-5,7-8H,3H2,1-2H3. The first-order chi connectivity index (χ1) is 8.50. The molecule has 0 aliphatic heterocycles. The molecule has 1 aromatic rings. The molecule has 18 heavy (non-hydrogen) atoms. The second kappa shape index (κ2) is 6.73. The van der Waals surface area contributed by atoms with E-state index in [9.17, 15) is 5.11 Å². The van der Waals surface area contributed by atoms with Crippen LogP contribution in [0.25, 0.3) is 0 Å². The first-order valence-electron chi connectivity index (χ1n) is 6.20. The second-order valence-corrected chi connectivity index (χ2v) is 4.66. The molecule has 1 aliphatic rings. The van der Waals surface area contributed by atoms with Gasteiger partial charge in [0.2, 0.25) is 0 Å². The lowest BCUT2D eigenvalue weighted by atomic mass is 10.2. The minimum atomic E-state index is -0.736. The SMILES string of the molecule is CC(O)C1(O)CC1C.OCCOc1ccccc1. The fraction of sp³-hybridized carbons (Fsp3) is 0.571. The molecule has 0 amide bonds. The molecule has 0 bridgehead atoms. The Kier molecular flexibility index (Phi) is 5.59. The van der Waals surface area contributed by atoms with E-state index in [1.54, 1.807) is 6.92 Å². The summed E-state index contributed by atoms with van der Waals surface area (Å²) in [6, 6.07) is 9.43. The number of hydrogen-bond acceptors (Lipinski definition) is 4. The van der Waals surface area contributed by atoms with Crippen LogP contribution in [-0.4, -0.2) is 40.2 Å². The van der Waals surface area contributed by atoms with E-state index in [0.717, 1.165) is 12.2 Å². The molecule has 0 spiro atoms. The predicted molar refractivity (Wildman–Crippen MR) is 69.4 cm³/mol. The highest BCUT2D eigenvalue weighted by atomic mass is 16.5. The maximum Gasteiger partial charge on any atom is 0.119 e. The van der Waals surface area contributed by atoms with Crippen LogP contribution in [0.3, 0.4) is 0 Å². The van der Waals surface area contributed by atoms with E-state index >= 15 is 0 Å². The van der Waals surface area contributed by atoms with Crippen molar-refractivity contribution in [2.75, 3.05) is 13.2 Å². The molecule has 102 valence electrons. The fourth-order valence-corrected chi connectivity index (χ4v) is 1.69. The van der Waals surface area contributed by atoms with Crippen LogP contribution < -0.4 is 4.74 Å². The molecule has 1 saturated carbocycles. The van der Waals surface area contributed by atoms with Crippen LogP contribution in [-0.2, 0) is 0 Å². The van der Waals surface area contributed by atoms with Gasteiger partial charge in [-0.15, -0.1) is 0 Å². The summed E-state index contributed by atoms with van der Waals surface area (Å²) >= 11 is 0. The lowest BCUT2D eigenvalue weighted by molar-refractivity contribution is 0.00111. The maximum absolute atomic E-state index is 9.22. The van der Waals surface area contributed by atoms with Gasteiger partial charge in [0.05, 0.1) is 18.3 Å². The monoisotopic (exact) mass is 254 g/mol. The lowest BCUT2D eigenvalue weighted by Gasteiger charge is -2.10. The van der Waals surface area contributed by atoms with Gasteiger partial charge in [-0.3, -0.25) is 0 Å². The minimum absolute atomic E-state index is 0.0644. The summed E-state index contributed by atoms with van der Waals surface area (Å²) < 4.78 is 5.11. The van der Waals surface area contributed by atoms with Gasteiger partial charge in [-0.2, -0.15) is 0 Å². The highest BCUT2D eigenvalue weighted by Gasteiger charge is 2.53. The molecule has 3 N–H and O–H groups in total. The Balaban J connectivity index is 0.000000184. The van der Waals surface area contributed by atoms with Gasteiger partial charge in [0, 0.05) is 0 Å².